The maximum Gasteiger partial charge on any atom is 0.335 e. The Labute approximate surface area is 118 Å². The summed E-state index contributed by atoms with van der Waals surface area (Å²) in [7, 11) is 0. The molecule has 0 aliphatic carbocycles. The van der Waals surface area contributed by atoms with Gasteiger partial charge >= 0.3 is 5.97 Å². The van der Waals surface area contributed by atoms with Crippen molar-refractivity contribution in [1.82, 2.24) is 0 Å². The van der Waals surface area contributed by atoms with Crippen LogP contribution in [0, 0.1) is 0 Å². The number of halogens is 1. The zero-order chi connectivity index (χ0) is 13.7. The minimum absolute atomic E-state index is 0.0573. The number of alkyl halides is 1. The van der Waals surface area contributed by atoms with E-state index >= 15 is 0 Å². The van der Waals surface area contributed by atoms with Crippen molar-refractivity contribution in [3.63, 3.8) is 0 Å². The molecule has 104 valence electrons. The van der Waals surface area contributed by atoms with Gasteiger partial charge in [-0.3, -0.25) is 0 Å². The Hall–Kier alpha value is -1.06. The minimum Gasteiger partial charge on any atom is -0.464 e. The van der Waals surface area contributed by atoms with Gasteiger partial charge in [0, 0.05) is 11.8 Å². The smallest absolute Gasteiger partial charge is 0.335 e. The molecule has 1 aromatic carbocycles. The molecule has 19 heavy (non-hydrogen) atoms. The van der Waals surface area contributed by atoms with Crippen molar-refractivity contribution in [1.29, 1.82) is 0 Å². The lowest BCUT2D eigenvalue weighted by Crippen LogP contribution is -2.36. The second-order valence-corrected chi connectivity index (χ2v) is 5.38. The highest BCUT2D eigenvalue weighted by molar-refractivity contribution is 6.20. The number of carbonyl (C=O) groups is 1. The molecule has 0 bridgehead atoms. The van der Waals surface area contributed by atoms with E-state index in [9.17, 15) is 4.79 Å². The second kappa shape index (κ2) is 6.92. The van der Waals surface area contributed by atoms with Crippen molar-refractivity contribution in [2.24, 2.45) is 0 Å². The number of carbonyl (C=O) groups excluding carboxylic acids is 1. The summed E-state index contributed by atoms with van der Waals surface area (Å²) in [4.78, 5) is 11.9. The van der Waals surface area contributed by atoms with Crippen LogP contribution in [0.1, 0.15) is 37.9 Å². The summed E-state index contributed by atoms with van der Waals surface area (Å²) in [5.74, 6) is -0.298. The largest absolute Gasteiger partial charge is 0.464 e. The monoisotopic (exact) mass is 282 g/mol. The van der Waals surface area contributed by atoms with E-state index in [1.165, 1.54) is 0 Å². The Morgan fingerprint density at radius 2 is 2.11 bits per heavy atom. The van der Waals surface area contributed by atoms with Crippen LogP contribution in [0.2, 0.25) is 0 Å². The Bertz CT molecular complexity index is 407. The van der Waals surface area contributed by atoms with Gasteiger partial charge in [0.05, 0.1) is 12.7 Å². The van der Waals surface area contributed by atoms with E-state index in [1.54, 1.807) is 0 Å². The number of rotatable bonds is 4. The summed E-state index contributed by atoms with van der Waals surface area (Å²) in [5, 5.41) is -0.0573. The molecule has 3 nitrogen and oxygen atoms in total. The maximum atomic E-state index is 11.9. The first kappa shape index (κ1) is 14.4. The standard InChI is InChI=1S/C15H19ClO3/c1-2-8-18-15(17)14-10-12(16)9-13(19-14)11-6-4-3-5-7-11/h3-7,12-14H,2,8-10H2,1H3/t12-,13-,14+/m0/s1. The van der Waals surface area contributed by atoms with Gasteiger partial charge in [0.1, 0.15) is 0 Å². The molecule has 1 aliphatic heterocycles. The molecule has 0 unspecified atom stereocenters. The molecule has 4 heteroatoms. The molecule has 1 aromatic rings. The van der Waals surface area contributed by atoms with Crippen LogP contribution in [-0.2, 0) is 14.3 Å². The van der Waals surface area contributed by atoms with Gasteiger partial charge in [-0.2, -0.15) is 0 Å². The van der Waals surface area contributed by atoms with Gasteiger partial charge in [0.25, 0.3) is 0 Å². The van der Waals surface area contributed by atoms with Crippen LogP contribution in [-0.4, -0.2) is 24.1 Å². The fourth-order valence-electron chi connectivity index (χ4n) is 2.20. The van der Waals surface area contributed by atoms with Crippen molar-refractivity contribution >= 4 is 17.6 Å². The van der Waals surface area contributed by atoms with Crippen LogP contribution < -0.4 is 0 Å². The van der Waals surface area contributed by atoms with E-state index in [0.29, 0.717) is 13.0 Å². The average Bonchev–Trinajstić information content (AvgIpc) is 2.45. The summed E-state index contributed by atoms with van der Waals surface area (Å²) < 4.78 is 11.0. The van der Waals surface area contributed by atoms with Gasteiger partial charge in [-0.1, -0.05) is 37.3 Å². The molecule has 0 amide bonds. The fourth-order valence-corrected chi connectivity index (χ4v) is 2.52. The Morgan fingerprint density at radius 3 is 2.79 bits per heavy atom. The molecule has 1 aliphatic rings. The summed E-state index contributed by atoms with van der Waals surface area (Å²) in [6.07, 6.45) is 1.38. The fraction of sp³-hybridized carbons (Fsp3) is 0.533. The van der Waals surface area contributed by atoms with Crippen molar-refractivity contribution in [2.45, 2.75) is 43.8 Å². The van der Waals surface area contributed by atoms with E-state index in [4.69, 9.17) is 21.1 Å². The van der Waals surface area contributed by atoms with Gasteiger partial charge in [0.15, 0.2) is 6.10 Å². The number of hydrogen-bond donors (Lipinski definition) is 0. The molecule has 0 aromatic heterocycles. The number of benzene rings is 1. The third-order valence-electron chi connectivity index (χ3n) is 3.15. The van der Waals surface area contributed by atoms with E-state index in [0.717, 1.165) is 18.4 Å². The Kier molecular flexibility index (Phi) is 5.23. The molecule has 0 spiro atoms. The Morgan fingerprint density at radius 1 is 1.37 bits per heavy atom. The third kappa shape index (κ3) is 3.95. The SMILES string of the molecule is CCCOC(=O)[C@H]1C[C@@H](Cl)C[C@@H](c2ccccc2)O1. The predicted octanol–water partition coefficient (Wildman–Crippen LogP) is 3.47. The zero-order valence-corrected chi connectivity index (χ0v) is 11.8. The number of ether oxygens (including phenoxy) is 2. The Balaban J connectivity index is 2.02. The van der Waals surface area contributed by atoms with Gasteiger partial charge < -0.3 is 9.47 Å². The summed E-state index contributed by atoms with van der Waals surface area (Å²) in [6.45, 7) is 2.40. The average molecular weight is 283 g/mol. The molecule has 3 atom stereocenters. The molecule has 0 saturated carbocycles. The van der Waals surface area contributed by atoms with Crippen molar-refractivity contribution in [3.8, 4) is 0 Å². The van der Waals surface area contributed by atoms with Crippen LogP contribution in [0.15, 0.2) is 30.3 Å². The second-order valence-electron chi connectivity index (χ2n) is 4.76. The van der Waals surface area contributed by atoms with Crippen molar-refractivity contribution in [2.75, 3.05) is 6.61 Å². The summed E-state index contributed by atoms with van der Waals surface area (Å²) >= 11 is 6.25. The van der Waals surface area contributed by atoms with Crippen LogP contribution >= 0.6 is 11.6 Å². The zero-order valence-electron chi connectivity index (χ0n) is 11.0. The van der Waals surface area contributed by atoms with Crippen LogP contribution in [0.25, 0.3) is 0 Å². The van der Waals surface area contributed by atoms with E-state index in [1.807, 2.05) is 37.3 Å². The van der Waals surface area contributed by atoms with Crippen molar-refractivity contribution in [3.05, 3.63) is 35.9 Å². The topological polar surface area (TPSA) is 35.5 Å². The molecule has 0 radical (unpaired) electrons. The van der Waals surface area contributed by atoms with E-state index < -0.39 is 6.10 Å². The molecule has 1 fully saturated rings. The van der Waals surface area contributed by atoms with Gasteiger partial charge in [0.2, 0.25) is 0 Å². The van der Waals surface area contributed by atoms with Crippen LogP contribution in [0.5, 0.6) is 0 Å². The molecular weight excluding hydrogens is 264 g/mol. The van der Waals surface area contributed by atoms with Gasteiger partial charge in [-0.25, -0.2) is 4.79 Å². The normalized spacial score (nSPS) is 26.9. The minimum atomic E-state index is -0.548. The molecule has 1 saturated heterocycles. The lowest BCUT2D eigenvalue weighted by molar-refractivity contribution is -0.166. The van der Waals surface area contributed by atoms with Crippen LogP contribution in [0.4, 0.5) is 0 Å². The number of esters is 1. The first-order valence-electron chi connectivity index (χ1n) is 6.71. The van der Waals surface area contributed by atoms with E-state index in [2.05, 4.69) is 0 Å². The molecule has 0 N–H and O–H groups in total. The third-order valence-corrected chi connectivity index (χ3v) is 3.51. The van der Waals surface area contributed by atoms with Crippen molar-refractivity contribution < 1.29 is 14.3 Å². The highest BCUT2D eigenvalue weighted by Crippen LogP contribution is 2.34. The summed E-state index contributed by atoms with van der Waals surface area (Å²) in [5.41, 5.74) is 1.06. The van der Waals surface area contributed by atoms with Gasteiger partial charge in [-0.15, -0.1) is 11.6 Å². The predicted molar refractivity (Wildman–Crippen MR) is 74.2 cm³/mol. The highest BCUT2D eigenvalue weighted by Gasteiger charge is 2.34. The molecular formula is C15H19ClO3. The van der Waals surface area contributed by atoms with Gasteiger partial charge in [-0.05, 0) is 18.4 Å². The molecule has 1 heterocycles. The number of hydrogen-bond acceptors (Lipinski definition) is 3. The summed E-state index contributed by atoms with van der Waals surface area (Å²) in [6, 6.07) is 9.86. The quantitative estimate of drug-likeness (QED) is 0.627. The highest BCUT2D eigenvalue weighted by atomic mass is 35.5. The lowest BCUT2D eigenvalue weighted by atomic mass is 9.98. The first-order chi connectivity index (χ1) is 9.20. The molecule has 2 rings (SSSR count). The first-order valence-corrected chi connectivity index (χ1v) is 7.15. The lowest BCUT2D eigenvalue weighted by Gasteiger charge is -2.31. The van der Waals surface area contributed by atoms with Crippen LogP contribution in [0.3, 0.4) is 0 Å². The van der Waals surface area contributed by atoms with E-state index in [-0.39, 0.29) is 17.5 Å². The maximum absolute atomic E-state index is 11.9.